The van der Waals surface area contributed by atoms with Gasteiger partial charge in [0.25, 0.3) is 0 Å². The average molecular weight is 330 g/mol. The molecule has 0 saturated carbocycles. The van der Waals surface area contributed by atoms with Gasteiger partial charge in [0.2, 0.25) is 0 Å². The summed E-state index contributed by atoms with van der Waals surface area (Å²) < 4.78 is 16.6. The van der Waals surface area contributed by atoms with Crippen LogP contribution < -0.4 is 14.8 Å². The maximum atomic E-state index is 11.6. The summed E-state index contributed by atoms with van der Waals surface area (Å²) >= 11 is 3.45. The van der Waals surface area contributed by atoms with Gasteiger partial charge >= 0.3 is 5.97 Å². The van der Waals surface area contributed by atoms with Gasteiger partial charge in [0.15, 0.2) is 11.5 Å². The van der Waals surface area contributed by atoms with Crippen molar-refractivity contribution in [3.05, 3.63) is 16.6 Å². The van der Waals surface area contributed by atoms with Crippen LogP contribution in [0.1, 0.15) is 13.3 Å². The first-order chi connectivity index (χ1) is 9.15. The number of carbonyl (C=O) groups excluding carboxylic acids is 1. The Balaban J connectivity index is 2.22. The minimum absolute atomic E-state index is 0.288. The molecule has 1 aliphatic rings. The van der Waals surface area contributed by atoms with E-state index in [0.717, 1.165) is 10.2 Å². The van der Waals surface area contributed by atoms with Crippen molar-refractivity contribution in [1.82, 2.24) is 0 Å². The first-order valence-electron chi connectivity index (χ1n) is 6.09. The molecule has 0 fully saturated rings. The molecule has 0 amide bonds. The summed E-state index contributed by atoms with van der Waals surface area (Å²) in [6, 6.07) is 3.27. The van der Waals surface area contributed by atoms with Crippen LogP contribution in [0.2, 0.25) is 0 Å². The summed E-state index contributed by atoms with van der Waals surface area (Å²) in [5, 5.41) is 3.14. The average Bonchev–Trinajstić information content (AvgIpc) is 2.44. The van der Waals surface area contributed by atoms with Crippen LogP contribution in [0.4, 0.5) is 5.69 Å². The highest BCUT2D eigenvalue weighted by molar-refractivity contribution is 9.10. The van der Waals surface area contributed by atoms with Crippen LogP contribution in [0.25, 0.3) is 0 Å². The van der Waals surface area contributed by atoms with Gasteiger partial charge in [0.05, 0.1) is 12.8 Å². The van der Waals surface area contributed by atoms with E-state index in [2.05, 4.69) is 21.2 Å². The first-order valence-corrected chi connectivity index (χ1v) is 6.88. The van der Waals surface area contributed by atoms with E-state index in [1.165, 1.54) is 7.11 Å². The Morgan fingerprint density at radius 3 is 2.63 bits per heavy atom. The first kappa shape index (κ1) is 14.0. The van der Waals surface area contributed by atoms with Gasteiger partial charge in [0, 0.05) is 16.6 Å². The summed E-state index contributed by atoms with van der Waals surface area (Å²) in [5.74, 6) is 1.09. The van der Waals surface area contributed by atoms with Crippen molar-refractivity contribution < 1.29 is 19.0 Å². The molecule has 1 aromatic rings. The van der Waals surface area contributed by atoms with Crippen LogP contribution in [-0.4, -0.2) is 32.3 Å². The highest BCUT2D eigenvalue weighted by Crippen LogP contribution is 2.38. The van der Waals surface area contributed by atoms with Gasteiger partial charge in [-0.05, 0) is 22.4 Å². The molecular formula is C13H16BrNO4. The molecule has 0 bridgehead atoms. The molecule has 104 valence electrons. The zero-order valence-electron chi connectivity index (χ0n) is 10.9. The number of esters is 1. The molecule has 6 heteroatoms. The fourth-order valence-electron chi connectivity index (χ4n) is 1.83. The van der Waals surface area contributed by atoms with Gasteiger partial charge in [-0.1, -0.05) is 6.92 Å². The summed E-state index contributed by atoms with van der Waals surface area (Å²) in [4.78, 5) is 11.6. The Morgan fingerprint density at radius 2 is 2.05 bits per heavy atom. The minimum Gasteiger partial charge on any atom is -0.486 e. The normalized spacial score (nSPS) is 14.7. The molecule has 0 saturated heterocycles. The van der Waals surface area contributed by atoms with Crippen LogP contribution in [-0.2, 0) is 9.53 Å². The lowest BCUT2D eigenvalue weighted by molar-refractivity contribution is -0.141. The zero-order valence-corrected chi connectivity index (χ0v) is 12.5. The molecule has 5 nitrogen and oxygen atoms in total. The molecule has 19 heavy (non-hydrogen) atoms. The highest BCUT2D eigenvalue weighted by atomic mass is 79.9. The Bertz CT molecular complexity index is 478. The Labute approximate surface area is 120 Å². The third kappa shape index (κ3) is 3.12. The van der Waals surface area contributed by atoms with Crippen molar-refractivity contribution in [2.75, 3.05) is 25.6 Å². The quantitative estimate of drug-likeness (QED) is 0.860. The van der Waals surface area contributed by atoms with Crippen molar-refractivity contribution in [3.63, 3.8) is 0 Å². The molecule has 1 aromatic carbocycles. The Kier molecular flexibility index (Phi) is 4.52. The zero-order chi connectivity index (χ0) is 13.8. The molecule has 1 unspecified atom stereocenters. The summed E-state index contributed by atoms with van der Waals surface area (Å²) in [7, 11) is 1.38. The second kappa shape index (κ2) is 6.14. The fraction of sp³-hybridized carbons (Fsp3) is 0.462. The van der Waals surface area contributed by atoms with Gasteiger partial charge < -0.3 is 19.5 Å². The van der Waals surface area contributed by atoms with E-state index < -0.39 is 0 Å². The number of hydrogen-bond donors (Lipinski definition) is 1. The molecule has 1 aliphatic heterocycles. The number of methoxy groups -OCH3 is 1. The molecule has 1 N–H and O–H groups in total. The third-order valence-electron chi connectivity index (χ3n) is 2.86. The van der Waals surface area contributed by atoms with Crippen LogP contribution in [0.5, 0.6) is 11.5 Å². The number of anilines is 1. The maximum Gasteiger partial charge on any atom is 0.328 e. The lowest BCUT2D eigenvalue weighted by atomic mass is 10.2. The number of rotatable bonds is 4. The van der Waals surface area contributed by atoms with Gasteiger partial charge in [-0.25, -0.2) is 4.79 Å². The predicted molar refractivity (Wildman–Crippen MR) is 74.8 cm³/mol. The lowest BCUT2D eigenvalue weighted by Gasteiger charge is -2.22. The fourth-order valence-corrected chi connectivity index (χ4v) is 2.27. The van der Waals surface area contributed by atoms with E-state index in [4.69, 9.17) is 14.2 Å². The topological polar surface area (TPSA) is 56.8 Å². The number of nitrogens with one attached hydrogen (secondary N) is 1. The summed E-state index contributed by atoms with van der Waals surface area (Å²) in [6.07, 6.45) is 0.632. The van der Waals surface area contributed by atoms with Gasteiger partial charge in [0.1, 0.15) is 19.3 Å². The SMILES string of the molecule is CCC(Nc1cc2c(cc1Br)OCCO2)C(=O)OC. The number of fused-ring (bicyclic) bond motifs is 1. The third-order valence-corrected chi connectivity index (χ3v) is 3.51. The van der Waals surface area contributed by atoms with E-state index in [1.54, 1.807) is 0 Å². The van der Waals surface area contributed by atoms with E-state index in [9.17, 15) is 4.79 Å². The number of carbonyl (C=O) groups is 1. The lowest BCUT2D eigenvalue weighted by Crippen LogP contribution is -2.30. The maximum absolute atomic E-state index is 11.6. The van der Waals surface area contributed by atoms with E-state index in [-0.39, 0.29) is 12.0 Å². The van der Waals surface area contributed by atoms with Crippen molar-refractivity contribution in [3.8, 4) is 11.5 Å². The Morgan fingerprint density at radius 1 is 1.42 bits per heavy atom. The van der Waals surface area contributed by atoms with E-state index in [0.29, 0.717) is 31.1 Å². The highest BCUT2D eigenvalue weighted by Gasteiger charge is 2.20. The van der Waals surface area contributed by atoms with E-state index in [1.807, 2.05) is 19.1 Å². The number of halogens is 1. The van der Waals surface area contributed by atoms with Gasteiger partial charge in [-0.3, -0.25) is 0 Å². The molecule has 0 aromatic heterocycles. The molecular weight excluding hydrogens is 314 g/mol. The van der Waals surface area contributed by atoms with Crippen LogP contribution in [0.15, 0.2) is 16.6 Å². The van der Waals surface area contributed by atoms with E-state index >= 15 is 0 Å². The second-order valence-corrected chi connectivity index (χ2v) is 4.96. The molecule has 1 atom stereocenters. The summed E-state index contributed by atoms with van der Waals surface area (Å²) in [6.45, 7) is 2.99. The molecule has 2 rings (SSSR count). The van der Waals surface area contributed by atoms with Crippen molar-refractivity contribution >= 4 is 27.6 Å². The predicted octanol–water partition coefficient (Wildman–Crippen LogP) is 2.58. The molecule has 0 spiro atoms. The Hall–Kier alpha value is -1.43. The largest absolute Gasteiger partial charge is 0.486 e. The number of benzene rings is 1. The summed E-state index contributed by atoms with van der Waals surface area (Å²) in [5.41, 5.74) is 0.779. The molecule has 1 heterocycles. The van der Waals surface area contributed by atoms with Crippen molar-refractivity contribution in [2.24, 2.45) is 0 Å². The van der Waals surface area contributed by atoms with Crippen LogP contribution >= 0.6 is 15.9 Å². The number of ether oxygens (including phenoxy) is 3. The molecule has 0 radical (unpaired) electrons. The monoisotopic (exact) mass is 329 g/mol. The van der Waals surface area contributed by atoms with Crippen molar-refractivity contribution in [1.29, 1.82) is 0 Å². The smallest absolute Gasteiger partial charge is 0.328 e. The number of hydrogen-bond acceptors (Lipinski definition) is 5. The van der Waals surface area contributed by atoms with Crippen molar-refractivity contribution in [2.45, 2.75) is 19.4 Å². The van der Waals surface area contributed by atoms with Gasteiger partial charge in [-0.2, -0.15) is 0 Å². The van der Waals surface area contributed by atoms with Gasteiger partial charge in [-0.15, -0.1) is 0 Å². The van der Waals surface area contributed by atoms with Crippen LogP contribution in [0, 0.1) is 0 Å². The molecule has 0 aliphatic carbocycles. The van der Waals surface area contributed by atoms with Crippen LogP contribution in [0.3, 0.4) is 0 Å². The second-order valence-electron chi connectivity index (χ2n) is 4.10. The standard InChI is InChI=1S/C13H16BrNO4/c1-3-9(13(16)17-2)15-10-7-12-11(6-8(10)14)18-4-5-19-12/h6-7,9,15H,3-5H2,1-2H3. The minimum atomic E-state index is -0.385.